The first-order valence-electron chi connectivity index (χ1n) is 4.79. The van der Waals surface area contributed by atoms with Gasteiger partial charge in [0.05, 0.1) is 0 Å². The predicted molar refractivity (Wildman–Crippen MR) is 54.5 cm³/mol. The molecule has 0 bridgehead atoms. The van der Waals surface area contributed by atoms with Crippen LogP contribution in [0.2, 0.25) is 0 Å². The second-order valence-corrected chi connectivity index (χ2v) is 4.47. The Morgan fingerprint density at radius 1 is 0.952 bits per heavy atom. The molecule has 1 radical (unpaired) electrons. The maximum absolute atomic E-state index is 13.7. The van der Waals surface area contributed by atoms with Crippen molar-refractivity contribution in [2.75, 3.05) is 0 Å². The minimum absolute atomic E-state index is 0.124. The van der Waals surface area contributed by atoms with Crippen LogP contribution < -0.4 is 4.74 Å². The predicted octanol–water partition coefficient (Wildman–Crippen LogP) is 5.14. The molecule has 0 heterocycles. The van der Waals surface area contributed by atoms with Crippen LogP contribution >= 0.6 is 15.9 Å². The van der Waals surface area contributed by atoms with Crippen LogP contribution in [0.3, 0.4) is 0 Å². The third-order valence-corrected chi connectivity index (χ3v) is 2.63. The van der Waals surface area contributed by atoms with Crippen molar-refractivity contribution in [2.45, 2.75) is 24.6 Å². The van der Waals surface area contributed by atoms with E-state index in [1.165, 1.54) is 0 Å². The lowest BCUT2D eigenvalue weighted by molar-refractivity contribution is -0.348. The molecule has 1 rings (SSSR count). The van der Waals surface area contributed by atoms with Gasteiger partial charge >= 0.3 is 24.6 Å². The molecule has 0 aliphatic carbocycles. The van der Waals surface area contributed by atoms with Crippen molar-refractivity contribution in [1.82, 2.24) is 0 Å². The molecule has 0 unspecified atom stereocenters. The molecule has 0 aliphatic heterocycles. The lowest BCUT2D eigenvalue weighted by Crippen LogP contribution is -2.50. The van der Waals surface area contributed by atoms with Crippen LogP contribution in [0.5, 0.6) is 5.75 Å². The van der Waals surface area contributed by atoms with E-state index in [0.717, 1.165) is 0 Å². The van der Waals surface area contributed by atoms with Crippen molar-refractivity contribution in [3.63, 3.8) is 0 Å². The van der Waals surface area contributed by atoms with Gasteiger partial charge in [0.15, 0.2) is 0 Å². The molecule has 1 aromatic carbocycles. The van der Waals surface area contributed by atoms with Gasteiger partial charge in [0.25, 0.3) is 0 Å². The highest BCUT2D eigenvalue weighted by atomic mass is 79.9. The normalized spacial score (nSPS) is 13.7. The van der Waals surface area contributed by atoms with Crippen molar-refractivity contribution in [1.29, 1.82) is 0 Å². The highest BCUT2D eigenvalue weighted by molar-refractivity contribution is 9.10. The van der Waals surface area contributed by atoms with E-state index in [9.17, 15) is 39.5 Å². The molecular weight excluding hydrogens is 387 g/mol. The lowest BCUT2D eigenvalue weighted by Gasteiger charge is -2.30. The van der Waals surface area contributed by atoms with E-state index >= 15 is 0 Å². The van der Waals surface area contributed by atoms with Gasteiger partial charge in [-0.2, -0.15) is 35.1 Å². The summed E-state index contributed by atoms with van der Waals surface area (Å²) >= 11 is 2.45. The molecule has 0 atom stereocenters. The van der Waals surface area contributed by atoms with Crippen LogP contribution in [0.1, 0.15) is 5.56 Å². The minimum atomic E-state index is -6.35. The Labute approximate surface area is 119 Å². The molecule has 0 aromatic heterocycles. The van der Waals surface area contributed by atoms with Gasteiger partial charge in [-0.05, 0) is 12.1 Å². The Morgan fingerprint density at radius 3 is 1.81 bits per heavy atom. The molecule has 0 fully saturated rings. The molecule has 0 amide bonds. The molecule has 0 saturated heterocycles. The number of rotatable bonds is 3. The molecule has 119 valence electrons. The second-order valence-electron chi connectivity index (χ2n) is 3.61. The average molecular weight is 390 g/mol. The Kier molecular flexibility index (Phi) is 4.76. The number of hydrogen-bond acceptors (Lipinski definition) is 1. The number of benzene rings is 1. The van der Waals surface area contributed by atoms with E-state index in [1.54, 1.807) is 0 Å². The van der Waals surface area contributed by atoms with Gasteiger partial charge < -0.3 is 4.74 Å². The number of halogens is 10. The number of hydrogen-bond donors (Lipinski definition) is 0. The quantitative estimate of drug-likeness (QED) is 0.650. The fourth-order valence-electron chi connectivity index (χ4n) is 1.36. The Balaban J connectivity index is 3.50. The van der Waals surface area contributed by atoms with E-state index in [4.69, 9.17) is 0 Å². The summed E-state index contributed by atoms with van der Waals surface area (Å²) in [5.41, 5.74) is -7.69. The van der Waals surface area contributed by atoms with E-state index in [2.05, 4.69) is 20.7 Å². The molecule has 1 aromatic rings. The fourth-order valence-corrected chi connectivity index (χ4v) is 1.80. The SMILES string of the molecule is FC(F)Oc1[c]c(Br)cc(C(F)(C(F)(F)F)C(F)(F)F)c1. The third kappa shape index (κ3) is 3.55. The van der Waals surface area contributed by atoms with Gasteiger partial charge in [0, 0.05) is 16.1 Å². The van der Waals surface area contributed by atoms with Crippen molar-refractivity contribution in [3.8, 4) is 5.75 Å². The highest BCUT2D eigenvalue weighted by Gasteiger charge is 2.73. The Hall–Kier alpha value is -1.13. The van der Waals surface area contributed by atoms with Gasteiger partial charge in [0.2, 0.25) is 0 Å². The highest BCUT2D eigenvalue weighted by Crippen LogP contribution is 2.54. The first kappa shape index (κ1) is 17.9. The van der Waals surface area contributed by atoms with Crippen molar-refractivity contribution >= 4 is 15.9 Å². The van der Waals surface area contributed by atoms with Gasteiger partial charge in [-0.15, -0.1) is 0 Å². The van der Waals surface area contributed by atoms with Gasteiger partial charge in [-0.1, -0.05) is 15.9 Å². The van der Waals surface area contributed by atoms with Crippen molar-refractivity contribution < 1.29 is 44.3 Å². The smallest absolute Gasteiger partial charge is 0.434 e. The third-order valence-electron chi connectivity index (χ3n) is 2.21. The van der Waals surface area contributed by atoms with Crippen molar-refractivity contribution in [2.24, 2.45) is 0 Å². The molecule has 11 heteroatoms. The molecular formula is C10H3BrF9O. The Bertz CT molecular complexity index is 494. The fraction of sp³-hybridized carbons (Fsp3) is 0.400. The van der Waals surface area contributed by atoms with Crippen LogP contribution in [-0.4, -0.2) is 19.0 Å². The summed E-state index contributed by atoms with van der Waals surface area (Å²) in [6, 6.07) is 1.85. The molecule has 21 heavy (non-hydrogen) atoms. The molecule has 1 nitrogen and oxygen atoms in total. The van der Waals surface area contributed by atoms with Crippen LogP contribution in [0.4, 0.5) is 39.5 Å². The summed E-state index contributed by atoms with van der Waals surface area (Å²) in [6.45, 7) is -3.53. The van der Waals surface area contributed by atoms with Crippen LogP contribution in [0.25, 0.3) is 0 Å². The van der Waals surface area contributed by atoms with E-state index in [0.29, 0.717) is 0 Å². The average Bonchev–Trinajstić information content (AvgIpc) is 2.22. The van der Waals surface area contributed by atoms with Crippen molar-refractivity contribution in [3.05, 3.63) is 28.2 Å². The first-order chi connectivity index (χ1) is 9.29. The first-order valence-corrected chi connectivity index (χ1v) is 5.59. The van der Waals surface area contributed by atoms with E-state index in [-0.39, 0.29) is 12.1 Å². The topological polar surface area (TPSA) is 9.23 Å². The van der Waals surface area contributed by atoms with Gasteiger partial charge in [-0.25, -0.2) is 4.39 Å². The largest absolute Gasteiger partial charge is 0.435 e. The zero-order valence-electron chi connectivity index (χ0n) is 9.42. The monoisotopic (exact) mass is 389 g/mol. The standard InChI is InChI=1S/C10H3BrF9O/c11-5-1-4(2-6(3-5)21-7(12)13)8(14,9(15,16)17)10(18,19)20/h1-2,7H. The van der Waals surface area contributed by atoms with Gasteiger partial charge in [-0.3, -0.25) is 0 Å². The lowest BCUT2D eigenvalue weighted by atomic mass is 9.94. The zero-order valence-corrected chi connectivity index (χ0v) is 11.0. The van der Waals surface area contributed by atoms with E-state index in [1.807, 2.05) is 6.07 Å². The van der Waals surface area contributed by atoms with Crippen LogP contribution in [-0.2, 0) is 5.67 Å². The summed E-state index contributed by atoms with van der Waals surface area (Å²) in [6.07, 6.45) is -12.7. The van der Waals surface area contributed by atoms with Gasteiger partial charge in [0.1, 0.15) is 5.75 Å². The maximum Gasteiger partial charge on any atom is 0.435 e. The van der Waals surface area contributed by atoms with Crippen LogP contribution in [0, 0.1) is 6.07 Å². The van der Waals surface area contributed by atoms with Crippen LogP contribution in [0.15, 0.2) is 16.6 Å². The Morgan fingerprint density at radius 2 is 1.43 bits per heavy atom. The minimum Gasteiger partial charge on any atom is -0.434 e. The molecule has 0 spiro atoms. The second kappa shape index (κ2) is 5.58. The van der Waals surface area contributed by atoms with E-state index < -0.39 is 40.4 Å². The summed E-state index contributed by atoms with van der Waals surface area (Å²) in [4.78, 5) is 0. The molecule has 0 saturated carbocycles. The molecule has 0 aliphatic rings. The number of alkyl halides is 9. The maximum atomic E-state index is 13.7. The number of ether oxygens (including phenoxy) is 1. The summed E-state index contributed by atoms with van der Waals surface area (Å²) in [7, 11) is 0. The summed E-state index contributed by atoms with van der Waals surface area (Å²) in [5, 5.41) is 0. The summed E-state index contributed by atoms with van der Waals surface area (Å²) in [5.74, 6) is -1.18. The summed E-state index contributed by atoms with van der Waals surface area (Å²) < 4.78 is 116. The zero-order chi connectivity index (χ0) is 16.6. The molecule has 0 N–H and O–H groups in total.